The zero-order chi connectivity index (χ0) is 16.9. The number of carbonyl (C=O) groups excluding carboxylic acids is 1. The lowest BCUT2D eigenvalue weighted by Gasteiger charge is -2.23. The maximum Gasteiger partial charge on any atom is 0.130 e. The average Bonchev–Trinajstić information content (AvgIpc) is 3.20. The highest BCUT2D eigenvalue weighted by Crippen LogP contribution is 2.36. The van der Waals surface area contributed by atoms with Crippen LogP contribution in [0.4, 0.5) is 0 Å². The first-order valence-corrected chi connectivity index (χ1v) is 8.73. The standard InChI is InChI=1S/C16H17NO.C5H8O/c1-12-3-5-14(6-4-12)16(11-13(2)18)15-7-9-17-10-8-15;1-2-5-3-4(1)6-5/h3-10,16H,11H2,1-2H3;4-5H,1-3H2. The predicted octanol–water partition coefficient (Wildman–Crippen LogP) is 4.44. The van der Waals surface area contributed by atoms with E-state index in [0.29, 0.717) is 18.6 Å². The van der Waals surface area contributed by atoms with E-state index in [-0.39, 0.29) is 11.7 Å². The number of benzene rings is 1. The van der Waals surface area contributed by atoms with E-state index in [1.54, 1.807) is 19.3 Å². The van der Waals surface area contributed by atoms with Crippen molar-refractivity contribution in [2.75, 3.05) is 0 Å². The number of ether oxygens (including phenoxy) is 1. The zero-order valence-electron chi connectivity index (χ0n) is 14.4. The van der Waals surface area contributed by atoms with Crippen molar-refractivity contribution >= 4 is 5.78 Å². The Balaban J connectivity index is 0.000000231. The van der Waals surface area contributed by atoms with Crippen molar-refractivity contribution in [2.24, 2.45) is 0 Å². The molecule has 2 aromatic rings. The molecule has 3 fully saturated rings. The molecule has 0 radical (unpaired) electrons. The van der Waals surface area contributed by atoms with Gasteiger partial charge in [0.15, 0.2) is 0 Å². The van der Waals surface area contributed by atoms with Crippen LogP contribution >= 0.6 is 0 Å². The molecule has 1 saturated carbocycles. The van der Waals surface area contributed by atoms with Gasteiger partial charge < -0.3 is 4.74 Å². The molecule has 3 nitrogen and oxygen atoms in total. The normalized spacial score (nSPS) is 22.1. The lowest BCUT2D eigenvalue weighted by atomic mass is 9.87. The van der Waals surface area contributed by atoms with Crippen LogP contribution in [0.25, 0.3) is 0 Å². The van der Waals surface area contributed by atoms with Crippen LogP contribution in [-0.2, 0) is 9.53 Å². The third-order valence-corrected chi connectivity index (χ3v) is 4.80. The molecule has 1 aliphatic carbocycles. The number of Topliss-reactive ketones (excluding diaryl/α,β-unsaturated/α-hetero) is 1. The highest BCUT2D eigenvalue weighted by Gasteiger charge is 2.36. The Morgan fingerprint density at radius 1 is 1.08 bits per heavy atom. The Morgan fingerprint density at radius 3 is 2.08 bits per heavy atom. The summed E-state index contributed by atoms with van der Waals surface area (Å²) >= 11 is 0. The molecule has 0 N–H and O–H groups in total. The molecule has 1 aromatic carbocycles. The number of nitrogens with zero attached hydrogens (tertiary/aromatic N) is 1. The molecule has 0 spiro atoms. The monoisotopic (exact) mass is 323 g/mol. The van der Waals surface area contributed by atoms with Gasteiger partial charge in [0.1, 0.15) is 5.78 Å². The summed E-state index contributed by atoms with van der Waals surface area (Å²) in [6.45, 7) is 3.71. The molecule has 2 bridgehead atoms. The lowest BCUT2D eigenvalue weighted by Crippen LogP contribution is -2.25. The molecule has 3 heterocycles. The fourth-order valence-electron chi connectivity index (χ4n) is 3.41. The van der Waals surface area contributed by atoms with Crippen molar-refractivity contribution in [3.8, 4) is 0 Å². The van der Waals surface area contributed by atoms with Crippen LogP contribution < -0.4 is 0 Å². The van der Waals surface area contributed by atoms with E-state index in [0.717, 1.165) is 5.56 Å². The summed E-state index contributed by atoms with van der Waals surface area (Å²) in [5, 5.41) is 0. The molecule has 3 heteroatoms. The Hall–Kier alpha value is -2.00. The smallest absolute Gasteiger partial charge is 0.130 e. The molecule has 126 valence electrons. The van der Waals surface area contributed by atoms with Crippen molar-refractivity contribution in [3.63, 3.8) is 0 Å². The maximum atomic E-state index is 11.5. The van der Waals surface area contributed by atoms with Crippen LogP contribution in [0, 0.1) is 6.92 Å². The van der Waals surface area contributed by atoms with Gasteiger partial charge in [0.05, 0.1) is 12.2 Å². The number of pyridine rings is 1. The van der Waals surface area contributed by atoms with Gasteiger partial charge in [-0.05, 0) is 56.4 Å². The van der Waals surface area contributed by atoms with E-state index >= 15 is 0 Å². The second-order valence-electron chi connectivity index (χ2n) is 6.84. The van der Waals surface area contributed by atoms with Crippen LogP contribution in [-0.4, -0.2) is 23.0 Å². The number of aryl methyl sites for hydroxylation is 1. The van der Waals surface area contributed by atoms with Gasteiger partial charge in [0.2, 0.25) is 0 Å². The van der Waals surface area contributed by atoms with Gasteiger partial charge in [-0.2, -0.15) is 0 Å². The van der Waals surface area contributed by atoms with Gasteiger partial charge in [-0.25, -0.2) is 0 Å². The Kier molecular flexibility index (Phi) is 5.41. The zero-order valence-corrected chi connectivity index (χ0v) is 14.4. The van der Waals surface area contributed by atoms with E-state index in [1.807, 2.05) is 12.1 Å². The summed E-state index contributed by atoms with van der Waals surface area (Å²) < 4.78 is 5.25. The summed E-state index contributed by atoms with van der Waals surface area (Å²) in [5.74, 6) is 0.337. The van der Waals surface area contributed by atoms with Crippen molar-refractivity contribution < 1.29 is 9.53 Å². The highest BCUT2D eigenvalue weighted by atomic mass is 16.5. The lowest BCUT2D eigenvalue weighted by molar-refractivity contribution is -0.117. The van der Waals surface area contributed by atoms with E-state index in [4.69, 9.17) is 4.74 Å². The molecular formula is C21H25NO2. The predicted molar refractivity (Wildman–Crippen MR) is 95.1 cm³/mol. The number of ketones is 1. The quantitative estimate of drug-likeness (QED) is 0.835. The average molecular weight is 323 g/mol. The van der Waals surface area contributed by atoms with Crippen molar-refractivity contribution in [3.05, 3.63) is 65.5 Å². The van der Waals surface area contributed by atoms with E-state index in [1.165, 1.54) is 30.4 Å². The topological polar surface area (TPSA) is 39.2 Å². The molecule has 5 rings (SSSR count). The molecule has 3 atom stereocenters. The maximum absolute atomic E-state index is 11.5. The van der Waals surface area contributed by atoms with Crippen molar-refractivity contribution in [1.82, 2.24) is 4.98 Å². The Morgan fingerprint density at radius 2 is 1.62 bits per heavy atom. The van der Waals surface area contributed by atoms with Gasteiger partial charge in [-0.3, -0.25) is 9.78 Å². The first-order valence-electron chi connectivity index (χ1n) is 8.73. The minimum absolute atomic E-state index is 0.131. The largest absolute Gasteiger partial charge is 0.375 e. The molecule has 0 amide bonds. The number of aromatic nitrogens is 1. The minimum Gasteiger partial charge on any atom is -0.375 e. The van der Waals surface area contributed by atoms with E-state index in [2.05, 4.69) is 36.2 Å². The summed E-state index contributed by atoms with van der Waals surface area (Å²) in [4.78, 5) is 15.5. The second-order valence-corrected chi connectivity index (χ2v) is 6.84. The first kappa shape index (κ1) is 16.8. The summed E-state index contributed by atoms with van der Waals surface area (Å²) in [7, 11) is 0. The molecule has 3 aliphatic rings. The second kappa shape index (κ2) is 7.71. The third kappa shape index (κ3) is 4.30. The fourth-order valence-corrected chi connectivity index (χ4v) is 3.41. The minimum atomic E-state index is 0.131. The van der Waals surface area contributed by atoms with E-state index < -0.39 is 0 Å². The number of rotatable bonds is 4. The van der Waals surface area contributed by atoms with Crippen LogP contribution in [0.2, 0.25) is 0 Å². The summed E-state index contributed by atoms with van der Waals surface area (Å²) in [6.07, 6.45) is 9.50. The van der Waals surface area contributed by atoms with Gasteiger partial charge >= 0.3 is 0 Å². The molecule has 24 heavy (non-hydrogen) atoms. The summed E-state index contributed by atoms with van der Waals surface area (Å²) in [5.41, 5.74) is 3.56. The van der Waals surface area contributed by atoms with Gasteiger partial charge in [0, 0.05) is 24.7 Å². The number of hydrogen-bond donors (Lipinski definition) is 0. The Bertz CT molecular complexity index is 646. The van der Waals surface area contributed by atoms with Crippen molar-refractivity contribution in [1.29, 1.82) is 0 Å². The molecular weight excluding hydrogens is 298 g/mol. The number of carbonyl (C=O) groups is 1. The molecule has 2 saturated heterocycles. The van der Waals surface area contributed by atoms with Crippen LogP contribution in [0.1, 0.15) is 55.2 Å². The summed E-state index contributed by atoms with van der Waals surface area (Å²) in [6, 6.07) is 12.3. The molecule has 2 aliphatic heterocycles. The van der Waals surface area contributed by atoms with Crippen LogP contribution in [0.5, 0.6) is 0 Å². The third-order valence-electron chi connectivity index (χ3n) is 4.80. The van der Waals surface area contributed by atoms with Gasteiger partial charge in [0.25, 0.3) is 0 Å². The Labute approximate surface area is 144 Å². The van der Waals surface area contributed by atoms with Gasteiger partial charge in [-0.1, -0.05) is 29.8 Å². The number of hydrogen-bond acceptors (Lipinski definition) is 3. The highest BCUT2D eigenvalue weighted by molar-refractivity contribution is 5.77. The molecule has 1 aromatic heterocycles. The van der Waals surface area contributed by atoms with Gasteiger partial charge in [-0.15, -0.1) is 0 Å². The SMILES string of the molecule is C1CC2CC1O2.CC(=O)CC(c1ccncc1)c1ccc(C)cc1. The van der Waals surface area contributed by atoms with E-state index in [9.17, 15) is 4.79 Å². The van der Waals surface area contributed by atoms with Crippen LogP contribution in [0.15, 0.2) is 48.8 Å². The first-order chi connectivity index (χ1) is 11.6. The molecule has 3 unspecified atom stereocenters. The fraction of sp³-hybridized carbons (Fsp3) is 0.429. The van der Waals surface area contributed by atoms with Crippen molar-refractivity contribution in [2.45, 2.75) is 57.7 Å². The van der Waals surface area contributed by atoms with Crippen LogP contribution in [0.3, 0.4) is 0 Å². The number of fused-ring (bicyclic) bond motifs is 1.